The quantitative estimate of drug-likeness (QED) is 0.813. The number of fused-ring (bicyclic) bond motifs is 1. The zero-order valence-electron chi connectivity index (χ0n) is 8.76. The molecule has 0 bridgehead atoms. The van der Waals surface area contributed by atoms with Crippen molar-refractivity contribution in [1.29, 1.82) is 0 Å². The lowest BCUT2D eigenvalue weighted by atomic mass is 9.91. The molecule has 15 heavy (non-hydrogen) atoms. The molecule has 0 aliphatic heterocycles. The largest absolute Gasteiger partial charge is 0.301 e. The lowest BCUT2D eigenvalue weighted by Gasteiger charge is -2.15. The maximum absolute atomic E-state index is 11.1. The maximum Gasteiger partial charge on any atom is 0.241 e. The van der Waals surface area contributed by atoms with Crippen LogP contribution in [0.2, 0.25) is 0 Å². The SMILES string of the molecule is CC1(C)CCc2sc(NC(=O)CCl)nc21. The minimum atomic E-state index is -0.193. The number of carbonyl (C=O) groups is 1. The van der Waals surface area contributed by atoms with Crippen LogP contribution < -0.4 is 5.32 Å². The third kappa shape index (κ3) is 2.01. The Bertz CT molecular complexity index is 400. The molecule has 2 rings (SSSR count). The molecule has 0 saturated carbocycles. The molecule has 1 aliphatic rings. The van der Waals surface area contributed by atoms with Crippen LogP contribution in [0.4, 0.5) is 5.13 Å². The Morgan fingerprint density at radius 1 is 1.67 bits per heavy atom. The molecule has 0 radical (unpaired) electrons. The van der Waals surface area contributed by atoms with E-state index in [4.69, 9.17) is 11.6 Å². The number of halogens is 1. The smallest absolute Gasteiger partial charge is 0.241 e. The third-order valence-corrected chi connectivity index (χ3v) is 3.96. The minimum Gasteiger partial charge on any atom is -0.301 e. The Balaban J connectivity index is 2.22. The zero-order chi connectivity index (χ0) is 11.1. The molecule has 1 amide bonds. The van der Waals surface area contributed by atoms with Gasteiger partial charge in [-0.1, -0.05) is 13.8 Å². The Hall–Kier alpha value is -0.610. The molecule has 82 valence electrons. The first kappa shape index (κ1) is 10.9. The summed E-state index contributed by atoms with van der Waals surface area (Å²) in [4.78, 5) is 16.8. The maximum atomic E-state index is 11.1. The van der Waals surface area contributed by atoms with E-state index in [0.717, 1.165) is 18.5 Å². The van der Waals surface area contributed by atoms with E-state index in [2.05, 4.69) is 24.1 Å². The number of rotatable bonds is 2. The number of nitrogens with one attached hydrogen (secondary N) is 1. The molecule has 1 aromatic rings. The van der Waals surface area contributed by atoms with Crippen LogP contribution >= 0.6 is 22.9 Å². The van der Waals surface area contributed by atoms with Gasteiger partial charge in [0.25, 0.3) is 0 Å². The predicted octanol–water partition coefficient (Wildman–Crippen LogP) is 2.54. The van der Waals surface area contributed by atoms with Crippen molar-refractivity contribution in [2.24, 2.45) is 0 Å². The molecule has 0 atom stereocenters. The lowest BCUT2D eigenvalue weighted by Crippen LogP contribution is -2.15. The van der Waals surface area contributed by atoms with E-state index in [0.29, 0.717) is 5.13 Å². The molecule has 1 heterocycles. The van der Waals surface area contributed by atoms with Crippen LogP contribution in [0.15, 0.2) is 0 Å². The number of hydrogen-bond acceptors (Lipinski definition) is 3. The summed E-state index contributed by atoms with van der Waals surface area (Å²) in [5, 5.41) is 3.37. The highest BCUT2D eigenvalue weighted by Gasteiger charge is 2.33. The molecule has 5 heteroatoms. The van der Waals surface area contributed by atoms with E-state index >= 15 is 0 Å². The number of carbonyl (C=O) groups excluding carboxylic acids is 1. The second-order valence-corrected chi connectivity index (χ2v) is 5.71. The van der Waals surface area contributed by atoms with Crippen molar-refractivity contribution in [3.63, 3.8) is 0 Å². The summed E-state index contributed by atoms with van der Waals surface area (Å²) in [5.41, 5.74) is 1.29. The van der Waals surface area contributed by atoms with Gasteiger partial charge in [0.1, 0.15) is 5.88 Å². The van der Waals surface area contributed by atoms with Crippen LogP contribution in [0.25, 0.3) is 0 Å². The number of thiazole rings is 1. The first-order valence-electron chi connectivity index (χ1n) is 4.89. The summed E-state index contributed by atoms with van der Waals surface area (Å²) >= 11 is 6.98. The summed E-state index contributed by atoms with van der Waals surface area (Å²) < 4.78 is 0. The van der Waals surface area contributed by atoms with E-state index in [1.807, 2.05) is 0 Å². The van der Waals surface area contributed by atoms with Gasteiger partial charge in [0.2, 0.25) is 5.91 Å². The molecule has 0 unspecified atom stereocenters. The van der Waals surface area contributed by atoms with Crippen LogP contribution in [0.3, 0.4) is 0 Å². The van der Waals surface area contributed by atoms with E-state index in [9.17, 15) is 4.79 Å². The van der Waals surface area contributed by atoms with Crippen LogP contribution in [0, 0.1) is 0 Å². The topological polar surface area (TPSA) is 42.0 Å². The van der Waals surface area contributed by atoms with E-state index in [-0.39, 0.29) is 17.2 Å². The average molecular weight is 245 g/mol. The summed E-state index contributed by atoms with van der Waals surface area (Å²) in [6.45, 7) is 4.37. The molecule has 1 N–H and O–H groups in total. The number of aryl methyl sites for hydroxylation is 1. The second kappa shape index (κ2) is 3.76. The van der Waals surface area contributed by atoms with E-state index < -0.39 is 0 Å². The fraction of sp³-hybridized carbons (Fsp3) is 0.600. The summed E-state index contributed by atoms with van der Waals surface area (Å²) in [6.07, 6.45) is 2.21. The molecule has 0 spiro atoms. The van der Waals surface area contributed by atoms with Crippen molar-refractivity contribution in [3.8, 4) is 0 Å². The van der Waals surface area contributed by atoms with Crippen molar-refractivity contribution in [3.05, 3.63) is 10.6 Å². The van der Waals surface area contributed by atoms with Gasteiger partial charge in [-0.3, -0.25) is 4.79 Å². The number of aromatic nitrogens is 1. The second-order valence-electron chi connectivity index (χ2n) is 4.36. The lowest BCUT2D eigenvalue weighted by molar-refractivity contribution is -0.113. The van der Waals surface area contributed by atoms with Gasteiger partial charge in [0, 0.05) is 10.3 Å². The molecule has 1 aromatic heterocycles. The van der Waals surface area contributed by atoms with Gasteiger partial charge >= 0.3 is 0 Å². The fourth-order valence-corrected chi connectivity index (χ4v) is 3.03. The van der Waals surface area contributed by atoms with Crippen molar-refractivity contribution in [2.75, 3.05) is 11.2 Å². The predicted molar refractivity (Wildman–Crippen MR) is 62.8 cm³/mol. The Morgan fingerprint density at radius 3 is 3.00 bits per heavy atom. The minimum absolute atomic E-state index is 0.0202. The summed E-state index contributed by atoms with van der Waals surface area (Å²) in [5.74, 6) is -0.213. The Labute approximate surface area is 97.9 Å². The van der Waals surface area contributed by atoms with Gasteiger partial charge in [-0.15, -0.1) is 22.9 Å². The van der Waals surface area contributed by atoms with Crippen LogP contribution in [0.1, 0.15) is 30.8 Å². The Kier molecular flexibility index (Phi) is 2.73. The van der Waals surface area contributed by atoms with Crippen LogP contribution in [-0.2, 0) is 16.6 Å². The number of nitrogens with zero attached hydrogens (tertiary/aromatic N) is 1. The third-order valence-electron chi connectivity index (χ3n) is 2.68. The summed E-state index contributed by atoms with van der Waals surface area (Å²) in [7, 11) is 0. The first-order chi connectivity index (χ1) is 7.03. The van der Waals surface area contributed by atoms with Crippen molar-refractivity contribution < 1.29 is 4.79 Å². The first-order valence-corrected chi connectivity index (χ1v) is 6.24. The van der Waals surface area contributed by atoms with Crippen molar-refractivity contribution >= 4 is 34.0 Å². The van der Waals surface area contributed by atoms with Crippen molar-refractivity contribution in [2.45, 2.75) is 32.1 Å². The zero-order valence-corrected chi connectivity index (χ0v) is 10.3. The van der Waals surface area contributed by atoms with Crippen molar-refractivity contribution in [1.82, 2.24) is 4.98 Å². The highest BCUT2D eigenvalue weighted by atomic mass is 35.5. The number of hydrogen-bond donors (Lipinski definition) is 1. The van der Waals surface area contributed by atoms with E-state index in [1.54, 1.807) is 11.3 Å². The molecule has 0 aromatic carbocycles. The molecule has 0 saturated heterocycles. The molecule has 1 aliphatic carbocycles. The van der Waals surface area contributed by atoms with Gasteiger partial charge < -0.3 is 5.32 Å². The monoisotopic (exact) mass is 244 g/mol. The van der Waals surface area contributed by atoms with Gasteiger partial charge in [-0.05, 0) is 12.8 Å². The standard InChI is InChI=1S/C10H13ClN2OS/c1-10(2)4-3-6-8(10)13-9(15-6)12-7(14)5-11/h3-5H2,1-2H3,(H,12,13,14). The highest BCUT2D eigenvalue weighted by molar-refractivity contribution is 7.16. The normalized spacial score (nSPS) is 17.5. The summed E-state index contributed by atoms with van der Waals surface area (Å²) in [6, 6.07) is 0. The molecular formula is C10H13ClN2OS. The Morgan fingerprint density at radius 2 is 2.40 bits per heavy atom. The number of amides is 1. The average Bonchev–Trinajstić information content (AvgIpc) is 2.68. The van der Waals surface area contributed by atoms with Crippen LogP contribution in [-0.4, -0.2) is 16.8 Å². The molecule has 3 nitrogen and oxygen atoms in total. The van der Waals surface area contributed by atoms with Crippen LogP contribution in [0.5, 0.6) is 0 Å². The number of alkyl halides is 1. The van der Waals surface area contributed by atoms with Gasteiger partial charge in [-0.25, -0.2) is 4.98 Å². The molecular weight excluding hydrogens is 232 g/mol. The fourth-order valence-electron chi connectivity index (χ4n) is 1.80. The van der Waals surface area contributed by atoms with Gasteiger partial charge in [0.05, 0.1) is 5.69 Å². The highest BCUT2D eigenvalue weighted by Crippen LogP contribution is 2.41. The van der Waals surface area contributed by atoms with Gasteiger partial charge in [-0.2, -0.15) is 0 Å². The van der Waals surface area contributed by atoms with Gasteiger partial charge in [0.15, 0.2) is 5.13 Å². The number of anilines is 1. The van der Waals surface area contributed by atoms with E-state index in [1.165, 1.54) is 4.88 Å². The molecule has 0 fully saturated rings.